The van der Waals surface area contributed by atoms with E-state index in [0.717, 1.165) is 32.1 Å². The maximum absolute atomic E-state index is 13.0. The first kappa shape index (κ1) is 24.6. The molecular formula is C30H24N2O4S2. The lowest BCUT2D eigenvalue weighted by atomic mass is 9.82. The normalized spacial score (nSPS) is 21.6. The number of allylic oxidation sites excluding steroid dienone is 2. The third kappa shape index (κ3) is 4.77. The number of ketones is 1. The van der Waals surface area contributed by atoms with Gasteiger partial charge < -0.3 is 10.4 Å². The molecule has 1 fully saturated rings. The Labute approximate surface area is 227 Å². The van der Waals surface area contributed by atoms with Gasteiger partial charge in [-0.3, -0.25) is 14.4 Å². The van der Waals surface area contributed by atoms with Gasteiger partial charge in [-0.25, -0.2) is 4.98 Å². The summed E-state index contributed by atoms with van der Waals surface area (Å²) in [5, 5.41) is 12.6. The fraction of sp³-hybridized carbons (Fsp3) is 0.200. The summed E-state index contributed by atoms with van der Waals surface area (Å²) < 4.78 is 1.68. The van der Waals surface area contributed by atoms with Gasteiger partial charge in [0.25, 0.3) is 0 Å². The van der Waals surface area contributed by atoms with Gasteiger partial charge in [-0.15, -0.1) is 11.3 Å². The van der Waals surface area contributed by atoms with E-state index < -0.39 is 17.8 Å². The van der Waals surface area contributed by atoms with E-state index >= 15 is 0 Å². The van der Waals surface area contributed by atoms with Crippen LogP contribution >= 0.6 is 23.1 Å². The molecule has 0 saturated heterocycles. The molecule has 6 nitrogen and oxygen atoms in total. The molecule has 4 atom stereocenters. The molecule has 2 bridgehead atoms. The van der Waals surface area contributed by atoms with Gasteiger partial charge >= 0.3 is 5.97 Å². The van der Waals surface area contributed by atoms with Gasteiger partial charge in [0.1, 0.15) is 0 Å². The molecule has 1 amide bonds. The van der Waals surface area contributed by atoms with Crippen molar-refractivity contribution < 1.29 is 19.5 Å². The summed E-state index contributed by atoms with van der Waals surface area (Å²) in [6.45, 7) is 0. The number of aromatic nitrogens is 1. The van der Waals surface area contributed by atoms with Crippen molar-refractivity contribution in [3.8, 4) is 11.1 Å². The number of carbonyl (C=O) groups is 3. The van der Waals surface area contributed by atoms with E-state index in [9.17, 15) is 19.5 Å². The van der Waals surface area contributed by atoms with Crippen LogP contribution in [0, 0.1) is 23.7 Å². The Morgan fingerprint density at radius 2 is 1.63 bits per heavy atom. The highest BCUT2D eigenvalue weighted by atomic mass is 32.2. The van der Waals surface area contributed by atoms with E-state index in [1.807, 2.05) is 78.9 Å². The van der Waals surface area contributed by atoms with Crippen molar-refractivity contribution in [2.45, 2.75) is 10.8 Å². The maximum Gasteiger partial charge on any atom is 0.307 e. The number of nitrogens with zero attached hydrogens (tertiary/aromatic N) is 1. The number of hydrogen-bond donors (Lipinski definition) is 2. The van der Waals surface area contributed by atoms with Gasteiger partial charge in [0.2, 0.25) is 5.91 Å². The first-order valence-electron chi connectivity index (χ1n) is 12.4. The number of nitrogens with one attached hydrogen (secondary N) is 1. The molecule has 6 rings (SSSR count). The number of rotatable bonds is 8. The number of thioether (sulfide) groups is 1. The number of carbonyl (C=O) groups excluding carboxylic acids is 2. The zero-order chi connectivity index (χ0) is 26.2. The number of hydrogen-bond acceptors (Lipinski definition) is 6. The minimum Gasteiger partial charge on any atom is -0.481 e. The summed E-state index contributed by atoms with van der Waals surface area (Å²) >= 11 is 2.87. The van der Waals surface area contributed by atoms with Gasteiger partial charge in [0.15, 0.2) is 10.1 Å². The minimum absolute atomic E-state index is 0.0247. The lowest BCUT2D eigenvalue weighted by molar-refractivity contribution is -0.146. The van der Waals surface area contributed by atoms with Crippen LogP contribution in [-0.2, 0) is 9.59 Å². The summed E-state index contributed by atoms with van der Waals surface area (Å²) in [5.74, 6) is -2.17. The van der Waals surface area contributed by atoms with Gasteiger partial charge in [-0.05, 0) is 47.6 Å². The van der Waals surface area contributed by atoms with E-state index in [1.165, 1.54) is 23.1 Å². The predicted molar refractivity (Wildman–Crippen MR) is 151 cm³/mol. The lowest BCUT2D eigenvalue weighted by Crippen LogP contribution is -2.36. The van der Waals surface area contributed by atoms with Crippen LogP contribution in [-0.4, -0.2) is 33.5 Å². The fourth-order valence-electron chi connectivity index (χ4n) is 5.47. The quantitative estimate of drug-likeness (QED) is 0.153. The molecule has 0 unspecified atom stereocenters. The SMILES string of the molecule is O=C(CSc1nc2ccc(NC(=O)[C@@H]3[C@@H](C(=O)O)[C@H]4C=C[C@H]3C4)cc2s1)c1ccc(-c2ccccc2)cc1. The van der Waals surface area contributed by atoms with E-state index in [1.54, 1.807) is 6.07 Å². The van der Waals surface area contributed by atoms with Gasteiger partial charge in [0.05, 0.1) is 27.8 Å². The first-order chi connectivity index (χ1) is 18.5. The molecule has 4 aromatic rings. The van der Waals surface area contributed by atoms with E-state index in [4.69, 9.17) is 0 Å². The molecule has 0 spiro atoms. The molecule has 3 aromatic carbocycles. The number of fused-ring (bicyclic) bond motifs is 3. The van der Waals surface area contributed by atoms with E-state index in [2.05, 4.69) is 10.3 Å². The molecule has 1 heterocycles. The molecule has 38 heavy (non-hydrogen) atoms. The van der Waals surface area contributed by atoms with E-state index in [-0.39, 0.29) is 29.3 Å². The summed E-state index contributed by atoms with van der Waals surface area (Å²) in [6.07, 6.45) is 4.63. The smallest absolute Gasteiger partial charge is 0.307 e. The average Bonchev–Trinajstić information content (AvgIpc) is 3.66. The third-order valence-electron chi connectivity index (χ3n) is 7.32. The standard InChI is InChI=1S/C30H24N2O4S2/c33-24(19-8-6-18(7-9-19)17-4-2-1-3-5-17)16-37-30-32-23-13-12-22(15-25(23)38-30)31-28(34)26-20-10-11-21(14-20)27(26)29(35)36/h1-13,15,20-21,26-27H,14,16H2,(H,31,34)(H,35,36)/t20-,21-,26-,27-/m0/s1. The summed E-state index contributed by atoms with van der Waals surface area (Å²) in [5.41, 5.74) is 4.26. The molecule has 2 N–H and O–H groups in total. The molecular weight excluding hydrogens is 516 g/mol. The number of thiazole rings is 1. The molecule has 2 aliphatic carbocycles. The van der Waals surface area contributed by atoms with Crippen LogP contribution in [0.5, 0.6) is 0 Å². The van der Waals surface area contributed by atoms with Crippen molar-refractivity contribution in [1.29, 1.82) is 0 Å². The average molecular weight is 541 g/mol. The van der Waals surface area contributed by atoms with Crippen LogP contribution in [0.1, 0.15) is 16.8 Å². The second kappa shape index (κ2) is 10.2. The van der Waals surface area contributed by atoms with Crippen molar-refractivity contribution in [2.75, 3.05) is 11.1 Å². The van der Waals surface area contributed by atoms with Gasteiger partial charge in [-0.2, -0.15) is 0 Å². The van der Waals surface area contributed by atoms with E-state index in [0.29, 0.717) is 11.3 Å². The second-order valence-corrected chi connectivity index (χ2v) is 11.9. The molecule has 2 aliphatic rings. The van der Waals surface area contributed by atoms with Crippen LogP contribution in [0.2, 0.25) is 0 Å². The number of Topliss-reactive ketones (excluding diaryl/α,β-unsaturated/α-hetero) is 1. The third-order valence-corrected chi connectivity index (χ3v) is 9.49. The van der Waals surface area contributed by atoms with Gasteiger partial charge in [0, 0.05) is 11.3 Å². The largest absolute Gasteiger partial charge is 0.481 e. The first-order valence-corrected chi connectivity index (χ1v) is 14.2. The molecule has 1 aromatic heterocycles. The highest BCUT2D eigenvalue weighted by Gasteiger charge is 2.51. The topological polar surface area (TPSA) is 96.4 Å². The van der Waals surface area contributed by atoms with Crippen molar-refractivity contribution >= 4 is 56.7 Å². The number of benzene rings is 3. The number of carboxylic acid groups (broad SMARTS) is 1. The molecule has 0 radical (unpaired) electrons. The van der Waals surface area contributed by atoms with Crippen LogP contribution in [0.15, 0.2) is 89.3 Å². The fourth-order valence-corrected chi connectivity index (χ4v) is 7.48. The maximum atomic E-state index is 13.0. The molecule has 190 valence electrons. The predicted octanol–water partition coefficient (Wildman–Crippen LogP) is 6.40. The lowest BCUT2D eigenvalue weighted by Gasteiger charge is -2.23. The number of aliphatic carboxylic acids is 1. The molecule has 0 aliphatic heterocycles. The van der Waals surface area contributed by atoms with Crippen molar-refractivity contribution in [2.24, 2.45) is 23.7 Å². The number of carboxylic acids is 1. The monoisotopic (exact) mass is 540 g/mol. The second-order valence-electron chi connectivity index (χ2n) is 9.64. The Balaban J connectivity index is 1.10. The van der Waals surface area contributed by atoms with Crippen LogP contribution in [0.3, 0.4) is 0 Å². The summed E-state index contributed by atoms with van der Waals surface area (Å²) in [6, 6.07) is 23.2. The van der Waals surface area contributed by atoms with Crippen LogP contribution in [0.25, 0.3) is 21.3 Å². The van der Waals surface area contributed by atoms with Crippen LogP contribution in [0.4, 0.5) is 5.69 Å². The Kier molecular flexibility index (Phi) is 6.59. The Bertz CT molecular complexity index is 1560. The summed E-state index contributed by atoms with van der Waals surface area (Å²) in [7, 11) is 0. The highest BCUT2D eigenvalue weighted by Crippen LogP contribution is 2.48. The highest BCUT2D eigenvalue weighted by molar-refractivity contribution is 8.01. The molecule has 8 heteroatoms. The summed E-state index contributed by atoms with van der Waals surface area (Å²) in [4.78, 5) is 42.2. The van der Waals surface area contributed by atoms with Crippen molar-refractivity contribution in [1.82, 2.24) is 4.98 Å². The number of anilines is 1. The van der Waals surface area contributed by atoms with Crippen molar-refractivity contribution in [3.63, 3.8) is 0 Å². The van der Waals surface area contributed by atoms with Crippen molar-refractivity contribution in [3.05, 3.63) is 90.5 Å². The number of amides is 1. The Morgan fingerprint density at radius 3 is 2.37 bits per heavy atom. The van der Waals surface area contributed by atoms with Gasteiger partial charge in [-0.1, -0.05) is 78.5 Å². The minimum atomic E-state index is -0.914. The zero-order valence-electron chi connectivity index (χ0n) is 20.2. The Hall–Kier alpha value is -3.75. The van der Waals surface area contributed by atoms with Crippen LogP contribution < -0.4 is 5.32 Å². The Morgan fingerprint density at radius 1 is 0.921 bits per heavy atom. The molecule has 1 saturated carbocycles. The zero-order valence-corrected chi connectivity index (χ0v) is 21.9.